The van der Waals surface area contributed by atoms with Gasteiger partial charge in [0.25, 0.3) is 5.91 Å². The summed E-state index contributed by atoms with van der Waals surface area (Å²) >= 11 is 0.910. The van der Waals surface area contributed by atoms with Crippen LogP contribution in [0.2, 0.25) is 0 Å². The summed E-state index contributed by atoms with van der Waals surface area (Å²) in [6.07, 6.45) is 3.09. The van der Waals surface area contributed by atoms with Gasteiger partial charge in [0.05, 0.1) is 11.7 Å². The van der Waals surface area contributed by atoms with E-state index in [0.717, 1.165) is 22.5 Å². The highest BCUT2D eigenvalue weighted by atomic mass is 32.1. The number of nitrogens with zero attached hydrogens (tertiary/aromatic N) is 5. The first-order valence-corrected chi connectivity index (χ1v) is 11.9. The van der Waals surface area contributed by atoms with Crippen molar-refractivity contribution in [2.24, 2.45) is 0 Å². The van der Waals surface area contributed by atoms with Crippen molar-refractivity contribution in [3.63, 3.8) is 0 Å². The SMILES string of the molecule is Cc1cc(-c2ccon2)nc2c1ccn2C(=O)c1cccc(Nc2snc(O)c2C(=N)NC(C)CF)n1. The third kappa shape index (κ3) is 4.63. The van der Waals surface area contributed by atoms with Crippen molar-refractivity contribution in [3.05, 3.63) is 65.7 Å². The molecule has 5 aromatic heterocycles. The molecule has 0 fully saturated rings. The maximum absolute atomic E-state index is 13.4. The second-order valence-corrected chi connectivity index (χ2v) is 9.03. The Labute approximate surface area is 213 Å². The molecule has 0 aliphatic heterocycles. The summed E-state index contributed by atoms with van der Waals surface area (Å²) in [7, 11) is 0. The van der Waals surface area contributed by atoms with E-state index in [4.69, 9.17) is 9.93 Å². The van der Waals surface area contributed by atoms with E-state index in [9.17, 15) is 14.3 Å². The second-order valence-electron chi connectivity index (χ2n) is 8.26. The predicted molar refractivity (Wildman–Crippen MR) is 136 cm³/mol. The summed E-state index contributed by atoms with van der Waals surface area (Å²) < 4.78 is 23.1. The first-order chi connectivity index (χ1) is 17.9. The van der Waals surface area contributed by atoms with E-state index in [1.165, 1.54) is 10.8 Å². The van der Waals surface area contributed by atoms with Crippen molar-refractivity contribution in [3.8, 4) is 17.3 Å². The number of hydrogen-bond acceptors (Lipinski definition) is 10. The van der Waals surface area contributed by atoms with E-state index >= 15 is 0 Å². The normalized spacial score (nSPS) is 12.0. The Morgan fingerprint density at radius 2 is 2.11 bits per heavy atom. The van der Waals surface area contributed by atoms with Gasteiger partial charge in [0.1, 0.15) is 52.2 Å². The zero-order valence-corrected chi connectivity index (χ0v) is 20.5. The minimum absolute atomic E-state index is 0.0836. The minimum atomic E-state index is -0.683. The number of anilines is 2. The Bertz CT molecular complexity index is 1610. The number of halogens is 1. The molecule has 0 aliphatic rings. The van der Waals surface area contributed by atoms with E-state index < -0.39 is 18.6 Å². The molecule has 0 radical (unpaired) electrons. The molecule has 0 amide bonds. The molecule has 0 saturated heterocycles. The number of aromatic nitrogens is 5. The van der Waals surface area contributed by atoms with Gasteiger partial charge in [-0.25, -0.2) is 14.4 Å². The van der Waals surface area contributed by atoms with Crippen molar-refractivity contribution in [2.75, 3.05) is 12.0 Å². The summed E-state index contributed by atoms with van der Waals surface area (Å²) in [5.41, 5.74) is 2.74. The van der Waals surface area contributed by atoms with Crippen LogP contribution in [0.25, 0.3) is 22.4 Å². The average molecular weight is 521 g/mol. The number of pyridine rings is 2. The van der Waals surface area contributed by atoms with Crippen molar-refractivity contribution >= 4 is 45.1 Å². The number of amidine groups is 1. The second kappa shape index (κ2) is 9.78. The Balaban J connectivity index is 1.45. The third-order valence-corrected chi connectivity index (χ3v) is 6.29. The fourth-order valence-electron chi connectivity index (χ4n) is 3.73. The number of alkyl halides is 1. The predicted octanol–water partition coefficient (Wildman–Crippen LogP) is 4.26. The van der Waals surface area contributed by atoms with E-state index in [-0.39, 0.29) is 23.0 Å². The number of carbonyl (C=O) groups is 1. The molecule has 11 nitrogen and oxygen atoms in total. The van der Waals surface area contributed by atoms with E-state index in [1.807, 2.05) is 19.1 Å². The van der Waals surface area contributed by atoms with Gasteiger partial charge in [0.2, 0.25) is 5.88 Å². The number of nitrogens with one attached hydrogen (secondary N) is 3. The lowest BCUT2D eigenvalue weighted by Crippen LogP contribution is -2.34. The van der Waals surface area contributed by atoms with Gasteiger partial charge >= 0.3 is 0 Å². The molecule has 5 aromatic rings. The first-order valence-electron chi connectivity index (χ1n) is 11.1. The van der Waals surface area contributed by atoms with Gasteiger partial charge in [-0.15, -0.1) is 0 Å². The van der Waals surface area contributed by atoms with Crippen LogP contribution in [0.3, 0.4) is 0 Å². The van der Waals surface area contributed by atoms with Crippen LogP contribution in [0.1, 0.15) is 28.5 Å². The van der Waals surface area contributed by atoms with E-state index in [1.54, 1.807) is 37.4 Å². The number of aromatic hydroxyl groups is 1. The smallest absolute Gasteiger partial charge is 0.282 e. The molecule has 0 spiro atoms. The molecule has 0 bridgehead atoms. The van der Waals surface area contributed by atoms with Crippen LogP contribution in [-0.2, 0) is 0 Å². The van der Waals surface area contributed by atoms with Gasteiger partial charge in [-0.2, -0.15) is 4.37 Å². The average Bonchev–Trinajstić information content (AvgIpc) is 3.64. The number of hydrogen-bond donors (Lipinski definition) is 4. The van der Waals surface area contributed by atoms with Crippen LogP contribution in [0.4, 0.5) is 15.2 Å². The number of fused-ring (bicyclic) bond motifs is 1. The lowest BCUT2D eigenvalue weighted by Gasteiger charge is -2.13. The quantitative estimate of drug-likeness (QED) is 0.182. The molecule has 1 atom stereocenters. The zero-order valence-electron chi connectivity index (χ0n) is 19.7. The van der Waals surface area contributed by atoms with Crippen molar-refractivity contribution in [1.29, 1.82) is 5.41 Å². The number of aryl methyl sites for hydroxylation is 1. The minimum Gasteiger partial charge on any atom is -0.492 e. The highest BCUT2D eigenvalue weighted by Crippen LogP contribution is 2.32. The maximum atomic E-state index is 13.4. The monoisotopic (exact) mass is 520 g/mol. The lowest BCUT2D eigenvalue weighted by atomic mass is 10.1. The number of rotatable bonds is 7. The topological polar surface area (TPSA) is 155 Å². The van der Waals surface area contributed by atoms with Crippen LogP contribution in [0.15, 0.2) is 53.4 Å². The summed E-state index contributed by atoms with van der Waals surface area (Å²) in [4.78, 5) is 22.5. The van der Waals surface area contributed by atoms with Crippen molar-refractivity contribution in [1.82, 2.24) is 29.4 Å². The maximum Gasteiger partial charge on any atom is 0.282 e. The van der Waals surface area contributed by atoms with Crippen LogP contribution < -0.4 is 10.6 Å². The zero-order chi connectivity index (χ0) is 26.1. The summed E-state index contributed by atoms with van der Waals surface area (Å²) in [6, 6.07) is 9.63. The van der Waals surface area contributed by atoms with Gasteiger partial charge in [-0.3, -0.25) is 14.8 Å². The van der Waals surface area contributed by atoms with Gasteiger partial charge in [0.15, 0.2) is 0 Å². The van der Waals surface area contributed by atoms with Gasteiger partial charge in [-0.05, 0) is 55.2 Å². The molecule has 4 N–H and O–H groups in total. The fraction of sp³-hybridized carbons (Fsp3) is 0.167. The summed E-state index contributed by atoms with van der Waals surface area (Å²) in [5.74, 6) is -0.659. The highest BCUT2D eigenvalue weighted by Gasteiger charge is 2.21. The van der Waals surface area contributed by atoms with Gasteiger partial charge in [0, 0.05) is 17.6 Å². The number of carbonyl (C=O) groups excluding carboxylic acids is 1. The molecule has 5 rings (SSSR count). The van der Waals surface area contributed by atoms with E-state index in [0.29, 0.717) is 27.9 Å². The first kappa shape index (κ1) is 24.1. The molecule has 5 heterocycles. The lowest BCUT2D eigenvalue weighted by molar-refractivity contribution is 0.0959. The molecule has 0 aliphatic carbocycles. The molecule has 0 aromatic carbocycles. The van der Waals surface area contributed by atoms with Crippen LogP contribution in [-0.4, -0.2) is 53.6 Å². The third-order valence-electron chi connectivity index (χ3n) is 5.54. The van der Waals surface area contributed by atoms with Crippen LogP contribution in [0.5, 0.6) is 5.88 Å². The standard InChI is InChI=1S/C24H21FN8O3S/c1-12-10-17(15-7-9-36-31-15)29-21-14(12)6-8-33(21)24(35)16-4-3-5-18(28-16)30-23-19(22(34)32-37-23)20(26)27-13(2)11-25/h3-10,13H,11H2,1-2H3,(H2,26,27)(H,28,30)(H,32,34). The van der Waals surface area contributed by atoms with Gasteiger partial charge in [-0.1, -0.05) is 11.2 Å². The molecule has 37 heavy (non-hydrogen) atoms. The Morgan fingerprint density at radius 1 is 1.27 bits per heavy atom. The molecular weight excluding hydrogens is 499 g/mol. The van der Waals surface area contributed by atoms with Crippen LogP contribution in [0, 0.1) is 12.3 Å². The molecule has 13 heteroatoms. The highest BCUT2D eigenvalue weighted by molar-refractivity contribution is 7.11. The van der Waals surface area contributed by atoms with Crippen molar-refractivity contribution < 1.29 is 18.8 Å². The van der Waals surface area contributed by atoms with Gasteiger partial charge < -0.3 is 20.3 Å². The summed E-state index contributed by atoms with van der Waals surface area (Å²) in [6.45, 7) is 2.82. The Kier molecular flexibility index (Phi) is 6.36. The summed E-state index contributed by atoms with van der Waals surface area (Å²) in [5, 5.41) is 29.0. The van der Waals surface area contributed by atoms with E-state index in [2.05, 4.69) is 30.1 Å². The molecular formula is C24H21FN8O3S. The molecule has 1 unspecified atom stereocenters. The van der Waals surface area contributed by atoms with Crippen LogP contribution >= 0.6 is 11.5 Å². The Morgan fingerprint density at radius 3 is 2.86 bits per heavy atom. The largest absolute Gasteiger partial charge is 0.492 e. The Hall–Kier alpha value is -4.65. The molecule has 0 saturated carbocycles. The molecule has 188 valence electrons. The van der Waals surface area contributed by atoms with Crippen molar-refractivity contribution in [2.45, 2.75) is 19.9 Å². The fourth-order valence-corrected chi connectivity index (χ4v) is 4.43.